The maximum atomic E-state index is 11.9. The van der Waals surface area contributed by atoms with E-state index in [9.17, 15) is 13.2 Å². The van der Waals surface area contributed by atoms with Crippen LogP contribution in [0, 0.1) is 0 Å². The molecule has 1 aromatic rings. The summed E-state index contributed by atoms with van der Waals surface area (Å²) in [5.41, 5.74) is 5.28. The van der Waals surface area contributed by atoms with Crippen molar-refractivity contribution in [2.45, 2.75) is 10.3 Å². The Balaban J connectivity index is 3.06. The molecular weight excluding hydrogens is 216 g/mol. The second kappa shape index (κ2) is 4.90. The van der Waals surface area contributed by atoms with E-state index in [2.05, 4.69) is 5.32 Å². The topological polar surface area (TPSA) is 89.3 Å². The summed E-state index contributed by atoms with van der Waals surface area (Å²) >= 11 is 0. The minimum absolute atomic E-state index is 0.148. The molecule has 3 N–H and O–H groups in total. The van der Waals surface area contributed by atoms with Crippen LogP contribution in [0.5, 0.6) is 0 Å². The van der Waals surface area contributed by atoms with E-state index in [0.29, 0.717) is 6.41 Å². The van der Waals surface area contributed by atoms with Crippen LogP contribution in [-0.4, -0.2) is 26.7 Å². The van der Waals surface area contributed by atoms with Gasteiger partial charge in [-0.25, -0.2) is 8.42 Å². The number of nitrogens with one attached hydrogen (secondary N) is 1. The van der Waals surface area contributed by atoms with Crippen LogP contribution in [0.1, 0.15) is 0 Å². The van der Waals surface area contributed by atoms with Gasteiger partial charge in [0, 0.05) is 6.54 Å². The van der Waals surface area contributed by atoms with Crippen LogP contribution in [0.15, 0.2) is 35.2 Å². The highest BCUT2D eigenvalue weighted by Crippen LogP contribution is 2.12. The van der Waals surface area contributed by atoms with Crippen molar-refractivity contribution in [2.75, 3.05) is 6.54 Å². The van der Waals surface area contributed by atoms with Gasteiger partial charge < -0.3 is 11.1 Å². The number of benzene rings is 1. The average molecular weight is 228 g/mol. The van der Waals surface area contributed by atoms with E-state index in [1.165, 1.54) is 12.1 Å². The van der Waals surface area contributed by atoms with Gasteiger partial charge in [0.1, 0.15) is 5.37 Å². The molecule has 0 aliphatic heterocycles. The third-order valence-corrected chi connectivity index (χ3v) is 3.92. The van der Waals surface area contributed by atoms with Crippen LogP contribution in [0.2, 0.25) is 0 Å². The van der Waals surface area contributed by atoms with Gasteiger partial charge in [-0.3, -0.25) is 4.79 Å². The van der Waals surface area contributed by atoms with E-state index in [1.54, 1.807) is 18.2 Å². The lowest BCUT2D eigenvalue weighted by atomic mass is 10.4. The van der Waals surface area contributed by atoms with Gasteiger partial charge >= 0.3 is 0 Å². The summed E-state index contributed by atoms with van der Waals surface area (Å²) in [5, 5.41) is 1.11. The summed E-state index contributed by atoms with van der Waals surface area (Å²) in [5.74, 6) is 0. The smallest absolute Gasteiger partial charge is 0.208 e. The molecule has 6 heteroatoms. The Kier molecular flexibility index (Phi) is 3.81. The summed E-state index contributed by atoms with van der Waals surface area (Å²) in [6, 6.07) is 7.86. The number of nitrogens with two attached hydrogens (primary N) is 1. The van der Waals surface area contributed by atoms with Gasteiger partial charge in [0.25, 0.3) is 0 Å². The zero-order valence-electron chi connectivity index (χ0n) is 7.96. The minimum atomic E-state index is -3.58. The fraction of sp³-hybridized carbons (Fsp3) is 0.222. The van der Waals surface area contributed by atoms with Crippen molar-refractivity contribution in [1.82, 2.24) is 5.32 Å². The van der Waals surface area contributed by atoms with E-state index in [0.717, 1.165) is 0 Å². The number of carbonyl (C=O) groups excluding carboxylic acids is 1. The number of hydrogen-bond acceptors (Lipinski definition) is 4. The lowest BCUT2D eigenvalue weighted by Crippen LogP contribution is -2.41. The second-order valence-electron chi connectivity index (χ2n) is 2.87. The molecule has 0 aromatic heterocycles. The molecule has 0 spiro atoms. The molecular formula is C9H12N2O3S. The highest BCUT2D eigenvalue weighted by molar-refractivity contribution is 7.92. The number of amides is 1. The van der Waals surface area contributed by atoms with Gasteiger partial charge in [-0.2, -0.15) is 0 Å². The number of carbonyl (C=O) groups is 1. The fourth-order valence-electron chi connectivity index (χ4n) is 1.13. The molecule has 1 atom stereocenters. The molecule has 0 saturated heterocycles. The normalized spacial score (nSPS) is 13.1. The lowest BCUT2D eigenvalue weighted by molar-refractivity contribution is -0.109. The van der Waals surface area contributed by atoms with Crippen LogP contribution in [0.3, 0.4) is 0 Å². The standard InChI is InChI=1S/C9H12N2O3S/c10-6-9(11-7-12)15(13,14)8-4-2-1-3-5-8/h1-5,7,9H,6,10H2,(H,11,12). The predicted octanol–water partition coefficient (Wildman–Crippen LogP) is -0.509. The molecule has 0 radical (unpaired) electrons. The van der Waals surface area contributed by atoms with Crippen LogP contribution in [0.25, 0.3) is 0 Å². The largest absolute Gasteiger partial charge is 0.341 e. The summed E-state index contributed by atoms with van der Waals surface area (Å²) in [6.45, 7) is -0.157. The zero-order valence-corrected chi connectivity index (χ0v) is 8.78. The van der Waals surface area contributed by atoms with E-state index in [4.69, 9.17) is 5.73 Å². The van der Waals surface area contributed by atoms with Gasteiger partial charge in [-0.1, -0.05) is 18.2 Å². The summed E-state index contributed by atoms with van der Waals surface area (Å²) < 4.78 is 23.7. The molecule has 0 saturated carbocycles. The molecule has 0 aliphatic rings. The summed E-state index contributed by atoms with van der Waals surface area (Å²) in [7, 11) is -3.58. The van der Waals surface area contributed by atoms with Gasteiger partial charge in [0.15, 0.2) is 9.84 Å². The van der Waals surface area contributed by atoms with Crippen molar-refractivity contribution in [1.29, 1.82) is 0 Å². The van der Waals surface area contributed by atoms with Crippen molar-refractivity contribution in [3.05, 3.63) is 30.3 Å². The maximum absolute atomic E-state index is 11.9. The molecule has 0 heterocycles. The highest BCUT2D eigenvalue weighted by Gasteiger charge is 2.25. The molecule has 5 nitrogen and oxygen atoms in total. The monoisotopic (exact) mass is 228 g/mol. The summed E-state index contributed by atoms with van der Waals surface area (Å²) in [6.07, 6.45) is 0.331. The Morgan fingerprint density at radius 2 is 1.93 bits per heavy atom. The first-order valence-corrected chi connectivity index (χ1v) is 5.86. The van der Waals surface area contributed by atoms with Crippen molar-refractivity contribution >= 4 is 16.2 Å². The molecule has 1 rings (SSSR count). The fourth-order valence-corrected chi connectivity index (χ4v) is 2.49. The molecule has 1 unspecified atom stereocenters. The molecule has 0 fully saturated rings. The van der Waals surface area contributed by atoms with E-state index < -0.39 is 15.2 Å². The highest BCUT2D eigenvalue weighted by atomic mass is 32.2. The van der Waals surface area contributed by atoms with Gasteiger partial charge in [0.05, 0.1) is 4.90 Å². The Bertz CT molecular complexity index is 416. The average Bonchev–Trinajstić information content (AvgIpc) is 2.27. The SMILES string of the molecule is NCC(NC=O)S(=O)(=O)c1ccccc1. The number of sulfone groups is 1. The Morgan fingerprint density at radius 3 is 2.40 bits per heavy atom. The third-order valence-electron chi connectivity index (χ3n) is 1.91. The Morgan fingerprint density at radius 1 is 1.33 bits per heavy atom. The van der Waals surface area contributed by atoms with Crippen LogP contribution in [-0.2, 0) is 14.6 Å². The first kappa shape index (κ1) is 11.7. The summed E-state index contributed by atoms with van der Waals surface area (Å²) in [4.78, 5) is 10.4. The van der Waals surface area contributed by atoms with Crippen molar-refractivity contribution in [3.8, 4) is 0 Å². The molecule has 82 valence electrons. The first-order valence-electron chi connectivity index (χ1n) is 4.31. The lowest BCUT2D eigenvalue weighted by Gasteiger charge is -2.14. The predicted molar refractivity (Wildman–Crippen MR) is 55.7 cm³/mol. The van der Waals surface area contributed by atoms with Crippen LogP contribution >= 0.6 is 0 Å². The Labute approximate surface area is 88.2 Å². The van der Waals surface area contributed by atoms with Crippen molar-refractivity contribution in [3.63, 3.8) is 0 Å². The molecule has 15 heavy (non-hydrogen) atoms. The van der Waals surface area contributed by atoms with E-state index in [-0.39, 0.29) is 11.4 Å². The molecule has 1 amide bonds. The number of hydrogen-bond donors (Lipinski definition) is 2. The van der Waals surface area contributed by atoms with Crippen molar-refractivity contribution < 1.29 is 13.2 Å². The Hall–Kier alpha value is -1.40. The minimum Gasteiger partial charge on any atom is -0.341 e. The van der Waals surface area contributed by atoms with Crippen molar-refractivity contribution in [2.24, 2.45) is 5.73 Å². The van der Waals surface area contributed by atoms with Gasteiger partial charge in [-0.15, -0.1) is 0 Å². The second-order valence-corrected chi connectivity index (χ2v) is 5.00. The quantitative estimate of drug-likeness (QED) is 0.664. The first-order chi connectivity index (χ1) is 7.12. The number of rotatable bonds is 5. The zero-order chi connectivity index (χ0) is 11.3. The maximum Gasteiger partial charge on any atom is 0.208 e. The van der Waals surface area contributed by atoms with E-state index in [1.807, 2.05) is 0 Å². The molecule has 0 aliphatic carbocycles. The van der Waals surface area contributed by atoms with Crippen LogP contribution in [0.4, 0.5) is 0 Å². The van der Waals surface area contributed by atoms with E-state index >= 15 is 0 Å². The molecule has 1 aromatic carbocycles. The molecule has 0 bridgehead atoms. The van der Waals surface area contributed by atoms with Gasteiger partial charge in [0.2, 0.25) is 6.41 Å². The van der Waals surface area contributed by atoms with Crippen LogP contribution < -0.4 is 11.1 Å². The van der Waals surface area contributed by atoms with Gasteiger partial charge in [-0.05, 0) is 12.1 Å². The third kappa shape index (κ3) is 2.54.